The molecule has 1 fully saturated rings. The number of carbonyl (C=O) groups is 1. The minimum Gasteiger partial charge on any atom is -0.465 e. The van der Waals surface area contributed by atoms with Gasteiger partial charge in [0.15, 0.2) is 0 Å². The third-order valence-electron chi connectivity index (χ3n) is 6.17. The topological polar surface area (TPSA) is 105 Å². The van der Waals surface area contributed by atoms with Gasteiger partial charge in [0.2, 0.25) is 5.95 Å². The molecule has 37 heavy (non-hydrogen) atoms. The highest BCUT2D eigenvalue weighted by atomic mass is 16.5. The van der Waals surface area contributed by atoms with Crippen LogP contribution in [0.1, 0.15) is 25.6 Å². The Morgan fingerprint density at radius 1 is 1.16 bits per heavy atom. The Balaban J connectivity index is 1.49. The minimum atomic E-state index is -0.567. The van der Waals surface area contributed by atoms with E-state index in [1.807, 2.05) is 42.6 Å². The van der Waals surface area contributed by atoms with E-state index in [2.05, 4.69) is 51.3 Å². The highest BCUT2D eigenvalue weighted by Crippen LogP contribution is 2.33. The van der Waals surface area contributed by atoms with Crippen LogP contribution in [0.25, 0.3) is 33.4 Å². The zero-order valence-electron chi connectivity index (χ0n) is 20.8. The predicted molar refractivity (Wildman–Crippen MR) is 143 cm³/mol. The maximum absolute atomic E-state index is 11.9. The molecule has 2 N–H and O–H groups in total. The molecule has 0 bridgehead atoms. The molecule has 0 radical (unpaired) electrons. The molecule has 4 heterocycles. The number of fused-ring (bicyclic) bond motifs is 1. The number of carbonyl (C=O) groups excluding carboxylic acids is 1. The van der Waals surface area contributed by atoms with Gasteiger partial charge in [-0.15, -0.1) is 0 Å². The van der Waals surface area contributed by atoms with E-state index in [0.717, 1.165) is 33.6 Å². The molecule has 1 amide bonds. The summed E-state index contributed by atoms with van der Waals surface area (Å²) < 4.78 is 10.5. The van der Waals surface area contributed by atoms with E-state index >= 15 is 0 Å². The van der Waals surface area contributed by atoms with Gasteiger partial charge in [-0.3, -0.25) is 20.2 Å². The van der Waals surface area contributed by atoms with Gasteiger partial charge in [-0.2, -0.15) is 0 Å². The lowest BCUT2D eigenvalue weighted by molar-refractivity contribution is 0.122. The van der Waals surface area contributed by atoms with Gasteiger partial charge < -0.3 is 14.5 Å². The summed E-state index contributed by atoms with van der Waals surface area (Å²) in [5.41, 5.74) is 5.91. The Hall–Kier alpha value is -4.50. The molecule has 3 aromatic heterocycles. The van der Waals surface area contributed by atoms with Crippen LogP contribution < -0.4 is 5.32 Å². The van der Waals surface area contributed by atoms with E-state index in [-0.39, 0.29) is 12.6 Å². The SMILES string of the molecule is C=C1CN(C(C)c2ccc(-c3cc(-c4ccccn4)c4[nH]c(NC(=O)OCC)nc4c3)cn2)CC(=C)O1. The van der Waals surface area contributed by atoms with Crippen LogP contribution in [0.4, 0.5) is 10.7 Å². The molecule has 1 aromatic carbocycles. The summed E-state index contributed by atoms with van der Waals surface area (Å²) in [7, 11) is 0. The van der Waals surface area contributed by atoms with Crippen molar-refractivity contribution in [1.82, 2.24) is 24.8 Å². The Labute approximate surface area is 214 Å². The standard InChI is InChI=1S/C28H28N6O3/c1-5-36-28(35)33-27-31-25-13-21(12-22(26(25)32-27)24-8-6-7-11-29-24)20-9-10-23(30-14-20)19(4)34-15-17(2)37-18(3)16-34/h6-14,19H,2-3,5,15-16H2,1,4H3,(H2,31,32,33,35). The third kappa shape index (κ3) is 5.22. The summed E-state index contributed by atoms with van der Waals surface area (Å²) in [6, 6.07) is 13.9. The summed E-state index contributed by atoms with van der Waals surface area (Å²) in [5, 5.41) is 2.64. The van der Waals surface area contributed by atoms with Crippen molar-refractivity contribution in [3.63, 3.8) is 0 Å². The maximum atomic E-state index is 11.9. The number of ether oxygens (including phenoxy) is 2. The lowest BCUT2D eigenvalue weighted by Gasteiger charge is -2.33. The van der Waals surface area contributed by atoms with Gasteiger partial charge in [0.1, 0.15) is 11.5 Å². The molecule has 1 saturated heterocycles. The molecule has 0 aliphatic carbocycles. The first kappa shape index (κ1) is 24.2. The number of nitrogens with zero attached hydrogens (tertiary/aromatic N) is 4. The number of nitrogens with one attached hydrogen (secondary N) is 2. The molecule has 4 aromatic rings. The zero-order valence-corrected chi connectivity index (χ0v) is 20.8. The third-order valence-corrected chi connectivity index (χ3v) is 6.17. The molecule has 9 nitrogen and oxygen atoms in total. The first-order valence-corrected chi connectivity index (χ1v) is 12.0. The molecule has 1 unspecified atom stereocenters. The fourth-order valence-electron chi connectivity index (χ4n) is 4.39. The number of hydrogen-bond donors (Lipinski definition) is 2. The quantitative estimate of drug-likeness (QED) is 0.354. The highest BCUT2D eigenvalue weighted by molar-refractivity contribution is 5.97. The van der Waals surface area contributed by atoms with E-state index in [0.29, 0.717) is 36.1 Å². The van der Waals surface area contributed by atoms with Crippen LogP contribution in [0.3, 0.4) is 0 Å². The van der Waals surface area contributed by atoms with E-state index < -0.39 is 6.09 Å². The van der Waals surface area contributed by atoms with Gasteiger partial charge in [0.25, 0.3) is 0 Å². The van der Waals surface area contributed by atoms with Gasteiger partial charge in [-0.25, -0.2) is 9.78 Å². The van der Waals surface area contributed by atoms with Gasteiger partial charge in [-0.05, 0) is 49.7 Å². The number of pyridine rings is 2. The van der Waals surface area contributed by atoms with Crippen molar-refractivity contribution in [2.24, 2.45) is 0 Å². The van der Waals surface area contributed by atoms with Gasteiger partial charge in [0.05, 0.1) is 48.2 Å². The Morgan fingerprint density at radius 2 is 1.97 bits per heavy atom. The average molecular weight is 497 g/mol. The lowest BCUT2D eigenvalue weighted by Crippen LogP contribution is -2.35. The molecule has 1 aliphatic rings. The first-order valence-electron chi connectivity index (χ1n) is 12.0. The molecule has 0 spiro atoms. The number of imidazole rings is 1. The van der Waals surface area contributed by atoms with E-state index in [1.54, 1.807) is 13.1 Å². The normalized spacial score (nSPS) is 14.9. The Bertz CT molecular complexity index is 1450. The van der Waals surface area contributed by atoms with E-state index in [4.69, 9.17) is 14.5 Å². The Kier molecular flexibility index (Phi) is 6.70. The second-order valence-corrected chi connectivity index (χ2v) is 8.80. The molecule has 5 rings (SSSR count). The smallest absolute Gasteiger partial charge is 0.413 e. The first-order chi connectivity index (χ1) is 17.9. The molecule has 9 heteroatoms. The monoisotopic (exact) mass is 496 g/mol. The summed E-state index contributed by atoms with van der Waals surface area (Å²) >= 11 is 0. The highest BCUT2D eigenvalue weighted by Gasteiger charge is 2.24. The Morgan fingerprint density at radius 3 is 2.65 bits per heavy atom. The van der Waals surface area contributed by atoms with Crippen molar-refractivity contribution in [2.45, 2.75) is 19.9 Å². The number of amides is 1. The number of rotatable bonds is 6. The number of morpholine rings is 1. The number of anilines is 1. The lowest BCUT2D eigenvalue weighted by atomic mass is 10.00. The molecular formula is C28H28N6O3. The largest absolute Gasteiger partial charge is 0.465 e. The van der Waals surface area contributed by atoms with Crippen molar-refractivity contribution >= 4 is 23.1 Å². The molecular weight excluding hydrogens is 468 g/mol. The molecule has 1 aliphatic heterocycles. The predicted octanol–water partition coefficient (Wildman–Crippen LogP) is 5.68. The van der Waals surface area contributed by atoms with Crippen LogP contribution in [0.2, 0.25) is 0 Å². The van der Waals surface area contributed by atoms with Crippen LogP contribution in [-0.2, 0) is 9.47 Å². The fourth-order valence-corrected chi connectivity index (χ4v) is 4.39. The fraction of sp³-hybridized carbons (Fsp3) is 0.214. The number of hydrogen-bond acceptors (Lipinski definition) is 7. The molecule has 188 valence electrons. The summed E-state index contributed by atoms with van der Waals surface area (Å²) in [4.78, 5) is 31.2. The van der Waals surface area contributed by atoms with Crippen LogP contribution in [0.5, 0.6) is 0 Å². The zero-order chi connectivity index (χ0) is 25.9. The number of aromatic amines is 1. The van der Waals surface area contributed by atoms with Gasteiger partial charge in [-0.1, -0.05) is 25.3 Å². The van der Waals surface area contributed by atoms with Gasteiger partial charge in [0, 0.05) is 23.5 Å². The summed E-state index contributed by atoms with van der Waals surface area (Å²) in [6.45, 7) is 13.3. The summed E-state index contributed by atoms with van der Waals surface area (Å²) in [6.07, 6.45) is 3.04. The van der Waals surface area contributed by atoms with Crippen LogP contribution in [0.15, 0.2) is 79.5 Å². The number of benzene rings is 1. The number of aromatic nitrogens is 4. The molecule has 0 saturated carbocycles. The van der Waals surface area contributed by atoms with Crippen LogP contribution in [-0.4, -0.2) is 50.6 Å². The van der Waals surface area contributed by atoms with Crippen molar-refractivity contribution < 1.29 is 14.3 Å². The second-order valence-electron chi connectivity index (χ2n) is 8.80. The van der Waals surface area contributed by atoms with Crippen LogP contribution >= 0.6 is 0 Å². The maximum Gasteiger partial charge on any atom is 0.413 e. The van der Waals surface area contributed by atoms with Gasteiger partial charge >= 0.3 is 6.09 Å². The van der Waals surface area contributed by atoms with E-state index in [9.17, 15) is 4.79 Å². The summed E-state index contributed by atoms with van der Waals surface area (Å²) in [5.74, 6) is 1.68. The van der Waals surface area contributed by atoms with E-state index in [1.165, 1.54) is 0 Å². The molecule has 1 atom stereocenters. The average Bonchev–Trinajstić information content (AvgIpc) is 3.30. The van der Waals surface area contributed by atoms with Crippen molar-refractivity contribution in [1.29, 1.82) is 0 Å². The van der Waals surface area contributed by atoms with Crippen LogP contribution in [0, 0.1) is 0 Å². The number of H-pyrrole nitrogens is 1. The van der Waals surface area contributed by atoms with Crippen molar-refractivity contribution in [2.75, 3.05) is 25.0 Å². The van der Waals surface area contributed by atoms with Crippen molar-refractivity contribution in [3.8, 4) is 22.4 Å². The minimum absolute atomic E-state index is 0.0702. The second kappa shape index (κ2) is 10.2. The van der Waals surface area contributed by atoms with Crippen molar-refractivity contribution in [3.05, 3.63) is 85.2 Å².